The fraction of sp³-hybridized carbons (Fsp3) is 0.250. The average molecular weight is 284 g/mol. The van der Waals surface area contributed by atoms with Crippen molar-refractivity contribution in [3.63, 3.8) is 0 Å². The molecule has 1 heterocycles. The minimum atomic E-state index is -0.195. The van der Waals surface area contributed by atoms with Crippen LogP contribution in [-0.2, 0) is 0 Å². The topological polar surface area (TPSA) is 71.2 Å². The summed E-state index contributed by atoms with van der Waals surface area (Å²) >= 11 is 0. The van der Waals surface area contributed by atoms with Gasteiger partial charge in [-0.25, -0.2) is 4.98 Å². The van der Waals surface area contributed by atoms with Crippen LogP contribution in [0.5, 0.6) is 0 Å². The van der Waals surface area contributed by atoms with E-state index >= 15 is 0 Å². The minimum Gasteiger partial charge on any atom is -0.399 e. The zero-order valence-corrected chi connectivity index (χ0v) is 12.3. The molecule has 0 spiro atoms. The predicted molar refractivity (Wildman–Crippen MR) is 86.6 cm³/mol. The highest BCUT2D eigenvalue weighted by molar-refractivity contribution is 6.04. The lowest BCUT2D eigenvalue weighted by atomic mass is 10.2. The van der Waals surface area contributed by atoms with Crippen molar-refractivity contribution in [2.45, 2.75) is 13.8 Å². The Morgan fingerprint density at radius 2 is 2.00 bits per heavy atom. The van der Waals surface area contributed by atoms with E-state index in [9.17, 15) is 4.79 Å². The summed E-state index contributed by atoms with van der Waals surface area (Å²) in [7, 11) is 0. The van der Waals surface area contributed by atoms with Crippen LogP contribution in [0.1, 0.15) is 24.2 Å². The maximum absolute atomic E-state index is 12.1. The minimum absolute atomic E-state index is 0.195. The van der Waals surface area contributed by atoms with Gasteiger partial charge in [0, 0.05) is 24.3 Å². The average Bonchev–Trinajstić information content (AvgIpc) is 2.50. The second-order valence-corrected chi connectivity index (χ2v) is 4.66. The molecule has 0 fully saturated rings. The molecule has 0 atom stereocenters. The molecule has 0 aliphatic carbocycles. The van der Waals surface area contributed by atoms with Gasteiger partial charge in [0.05, 0.1) is 11.9 Å². The van der Waals surface area contributed by atoms with Gasteiger partial charge in [-0.15, -0.1) is 0 Å². The molecule has 3 N–H and O–H groups in total. The van der Waals surface area contributed by atoms with Gasteiger partial charge in [-0.05, 0) is 44.2 Å². The highest BCUT2D eigenvalue weighted by atomic mass is 16.1. The quantitative estimate of drug-likeness (QED) is 0.828. The van der Waals surface area contributed by atoms with Crippen LogP contribution in [0, 0.1) is 0 Å². The number of hydrogen-bond acceptors (Lipinski definition) is 4. The summed E-state index contributed by atoms with van der Waals surface area (Å²) in [6.07, 6.45) is 1.66. The second kappa shape index (κ2) is 6.74. The third-order valence-electron chi connectivity index (χ3n) is 3.24. The van der Waals surface area contributed by atoms with Crippen LogP contribution < -0.4 is 16.0 Å². The van der Waals surface area contributed by atoms with Crippen LogP contribution in [0.2, 0.25) is 0 Å². The van der Waals surface area contributed by atoms with Gasteiger partial charge >= 0.3 is 0 Å². The Morgan fingerprint density at radius 3 is 2.57 bits per heavy atom. The molecule has 1 aromatic heterocycles. The molecule has 0 saturated heterocycles. The molecule has 5 nitrogen and oxygen atoms in total. The SMILES string of the molecule is CCN(CC)c1ccc(NC(=O)c2cccc(N)c2)cn1. The van der Waals surface area contributed by atoms with Crippen molar-refractivity contribution in [1.82, 2.24) is 4.98 Å². The van der Waals surface area contributed by atoms with Crippen molar-refractivity contribution < 1.29 is 4.79 Å². The summed E-state index contributed by atoms with van der Waals surface area (Å²) in [5.74, 6) is 0.710. The van der Waals surface area contributed by atoms with Crippen LogP contribution in [0.4, 0.5) is 17.2 Å². The number of carbonyl (C=O) groups excluding carboxylic acids is 1. The van der Waals surface area contributed by atoms with Gasteiger partial charge in [-0.2, -0.15) is 0 Å². The summed E-state index contributed by atoms with van der Waals surface area (Å²) in [5, 5.41) is 2.81. The Bertz CT molecular complexity index is 606. The molecule has 0 radical (unpaired) electrons. The van der Waals surface area contributed by atoms with Crippen molar-refractivity contribution in [2.75, 3.05) is 29.0 Å². The predicted octanol–water partition coefficient (Wildman–Crippen LogP) is 2.76. The lowest BCUT2D eigenvalue weighted by Gasteiger charge is -2.19. The molecule has 5 heteroatoms. The number of nitrogens with two attached hydrogens (primary N) is 1. The number of hydrogen-bond donors (Lipinski definition) is 2. The molecule has 21 heavy (non-hydrogen) atoms. The molecular formula is C16H20N4O. The molecule has 0 saturated carbocycles. The third-order valence-corrected chi connectivity index (χ3v) is 3.24. The Morgan fingerprint density at radius 1 is 1.24 bits per heavy atom. The number of benzene rings is 1. The van der Waals surface area contributed by atoms with Crippen LogP contribution in [0.15, 0.2) is 42.6 Å². The Balaban J connectivity index is 2.08. The molecule has 0 aliphatic heterocycles. The molecule has 110 valence electrons. The molecule has 0 unspecified atom stereocenters. The van der Waals surface area contributed by atoms with Crippen LogP contribution in [0.25, 0.3) is 0 Å². The lowest BCUT2D eigenvalue weighted by Crippen LogP contribution is -2.22. The lowest BCUT2D eigenvalue weighted by molar-refractivity contribution is 0.102. The van der Waals surface area contributed by atoms with Gasteiger partial charge in [0.2, 0.25) is 0 Å². The van der Waals surface area contributed by atoms with Gasteiger partial charge < -0.3 is 16.0 Å². The Kier molecular flexibility index (Phi) is 4.77. The summed E-state index contributed by atoms with van der Waals surface area (Å²) in [5.41, 5.74) is 7.44. The van der Waals surface area contributed by atoms with Crippen molar-refractivity contribution in [2.24, 2.45) is 0 Å². The highest BCUT2D eigenvalue weighted by Crippen LogP contribution is 2.15. The fourth-order valence-corrected chi connectivity index (χ4v) is 2.08. The molecule has 1 aromatic carbocycles. The van der Waals surface area contributed by atoms with Gasteiger partial charge in [0.25, 0.3) is 5.91 Å². The maximum atomic E-state index is 12.1. The fourth-order valence-electron chi connectivity index (χ4n) is 2.08. The van der Waals surface area contributed by atoms with Crippen molar-refractivity contribution in [3.05, 3.63) is 48.2 Å². The normalized spacial score (nSPS) is 10.2. The Hall–Kier alpha value is -2.56. The monoisotopic (exact) mass is 284 g/mol. The summed E-state index contributed by atoms with van der Waals surface area (Å²) < 4.78 is 0. The second-order valence-electron chi connectivity index (χ2n) is 4.66. The standard InChI is InChI=1S/C16H20N4O/c1-3-20(4-2)15-9-8-14(11-18-15)19-16(21)12-6-5-7-13(17)10-12/h5-11H,3-4,17H2,1-2H3,(H,19,21). The Labute approximate surface area is 124 Å². The number of pyridine rings is 1. The molecule has 2 aromatic rings. The van der Waals surface area contributed by atoms with Crippen LogP contribution >= 0.6 is 0 Å². The smallest absolute Gasteiger partial charge is 0.255 e. The molecule has 1 amide bonds. The van der Waals surface area contributed by atoms with E-state index in [0.717, 1.165) is 18.9 Å². The van der Waals surface area contributed by atoms with Gasteiger partial charge in [-0.1, -0.05) is 6.07 Å². The van der Waals surface area contributed by atoms with E-state index in [2.05, 4.69) is 29.0 Å². The zero-order valence-electron chi connectivity index (χ0n) is 12.3. The first-order valence-corrected chi connectivity index (χ1v) is 7.02. The van der Waals surface area contributed by atoms with Crippen LogP contribution in [0.3, 0.4) is 0 Å². The first-order valence-electron chi connectivity index (χ1n) is 7.02. The largest absolute Gasteiger partial charge is 0.399 e. The van der Waals surface area contributed by atoms with Crippen molar-refractivity contribution >= 4 is 23.1 Å². The van der Waals surface area contributed by atoms with Crippen molar-refractivity contribution in [3.8, 4) is 0 Å². The molecule has 2 rings (SSSR count). The van der Waals surface area contributed by atoms with E-state index < -0.39 is 0 Å². The molecular weight excluding hydrogens is 264 g/mol. The van der Waals surface area contributed by atoms with Gasteiger partial charge in [0.1, 0.15) is 5.82 Å². The summed E-state index contributed by atoms with van der Waals surface area (Å²) in [6.45, 7) is 5.97. The zero-order chi connectivity index (χ0) is 15.2. The number of rotatable bonds is 5. The van der Waals surface area contributed by atoms with Crippen LogP contribution in [-0.4, -0.2) is 24.0 Å². The number of amides is 1. The molecule has 0 bridgehead atoms. The highest BCUT2D eigenvalue weighted by Gasteiger charge is 2.07. The molecule has 0 aliphatic rings. The number of anilines is 3. The van der Waals surface area contributed by atoms with E-state index in [0.29, 0.717) is 16.9 Å². The van der Waals surface area contributed by atoms with E-state index in [1.165, 1.54) is 0 Å². The number of aromatic nitrogens is 1. The van der Waals surface area contributed by atoms with E-state index in [1.54, 1.807) is 30.5 Å². The number of carbonyl (C=O) groups is 1. The first kappa shape index (κ1) is 14.8. The maximum Gasteiger partial charge on any atom is 0.255 e. The number of nitrogen functional groups attached to an aromatic ring is 1. The van der Waals surface area contributed by atoms with Crippen molar-refractivity contribution in [1.29, 1.82) is 0 Å². The summed E-state index contributed by atoms with van der Waals surface area (Å²) in [6, 6.07) is 10.6. The summed E-state index contributed by atoms with van der Waals surface area (Å²) in [4.78, 5) is 18.6. The van der Waals surface area contributed by atoms with E-state index in [1.807, 2.05) is 12.1 Å². The third kappa shape index (κ3) is 3.72. The van der Waals surface area contributed by atoms with E-state index in [4.69, 9.17) is 5.73 Å². The van der Waals surface area contributed by atoms with E-state index in [-0.39, 0.29) is 5.91 Å². The van der Waals surface area contributed by atoms with Gasteiger partial charge in [-0.3, -0.25) is 4.79 Å². The van der Waals surface area contributed by atoms with Gasteiger partial charge in [0.15, 0.2) is 0 Å². The first-order chi connectivity index (χ1) is 10.1. The number of nitrogens with zero attached hydrogens (tertiary/aromatic N) is 2. The number of nitrogens with one attached hydrogen (secondary N) is 1.